The summed E-state index contributed by atoms with van der Waals surface area (Å²) in [6.07, 6.45) is 6.33. The Morgan fingerprint density at radius 2 is 2.47 bits per heavy atom. The van der Waals surface area contributed by atoms with Gasteiger partial charge in [0.25, 0.3) is 0 Å². The Balaban J connectivity index is 1.82. The molecule has 0 bridgehead atoms. The summed E-state index contributed by atoms with van der Waals surface area (Å²) in [6, 6.07) is 3.87. The van der Waals surface area contributed by atoms with Gasteiger partial charge in [0.05, 0.1) is 12.7 Å². The van der Waals surface area contributed by atoms with E-state index < -0.39 is 0 Å². The minimum absolute atomic E-state index is 0.276. The van der Waals surface area contributed by atoms with E-state index in [9.17, 15) is 5.11 Å². The molecule has 1 aliphatic heterocycles. The van der Waals surface area contributed by atoms with Crippen LogP contribution in [-0.4, -0.2) is 21.3 Å². The van der Waals surface area contributed by atoms with Crippen LogP contribution in [0.25, 0.3) is 0 Å². The first kappa shape index (κ1) is 10.6. The van der Waals surface area contributed by atoms with Crippen molar-refractivity contribution < 1.29 is 9.52 Å². The van der Waals surface area contributed by atoms with Crippen LogP contribution in [0.1, 0.15) is 23.7 Å². The third kappa shape index (κ3) is 2.00. The molecule has 4 heteroatoms. The van der Waals surface area contributed by atoms with E-state index in [0.717, 1.165) is 37.4 Å². The van der Waals surface area contributed by atoms with Crippen LogP contribution in [0.15, 0.2) is 29.0 Å². The van der Waals surface area contributed by atoms with E-state index in [1.807, 2.05) is 18.3 Å². The van der Waals surface area contributed by atoms with Crippen LogP contribution in [0.2, 0.25) is 0 Å². The molecule has 4 nitrogen and oxygen atoms in total. The second-order valence-electron chi connectivity index (χ2n) is 4.61. The minimum atomic E-state index is 0.276. The number of aliphatic hydroxyl groups is 1. The van der Waals surface area contributed by atoms with E-state index in [2.05, 4.69) is 9.55 Å². The van der Waals surface area contributed by atoms with E-state index in [0.29, 0.717) is 5.92 Å². The van der Waals surface area contributed by atoms with Crippen LogP contribution in [0, 0.1) is 5.92 Å². The van der Waals surface area contributed by atoms with Crippen molar-refractivity contribution in [1.82, 2.24) is 9.55 Å². The standard InChI is InChI=1S/C13H16N2O2/c16-9-10-3-4-15-11(6-10)8-14-13(15)7-12-2-1-5-17-12/h1-2,5,8,10,16H,3-4,6-7,9H2. The molecule has 3 heterocycles. The van der Waals surface area contributed by atoms with Crippen LogP contribution < -0.4 is 0 Å². The molecule has 0 saturated heterocycles. The first-order valence-corrected chi connectivity index (χ1v) is 6.03. The fourth-order valence-electron chi connectivity index (χ4n) is 2.47. The summed E-state index contributed by atoms with van der Waals surface area (Å²) in [5.74, 6) is 2.41. The number of aliphatic hydroxyl groups excluding tert-OH is 1. The van der Waals surface area contributed by atoms with Gasteiger partial charge >= 0.3 is 0 Å². The Hall–Kier alpha value is -1.55. The largest absolute Gasteiger partial charge is 0.469 e. The Kier molecular flexibility index (Phi) is 2.73. The highest BCUT2D eigenvalue weighted by Crippen LogP contribution is 2.22. The highest BCUT2D eigenvalue weighted by molar-refractivity contribution is 5.14. The van der Waals surface area contributed by atoms with Gasteiger partial charge in [-0.2, -0.15) is 0 Å². The highest BCUT2D eigenvalue weighted by atomic mass is 16.3. The maximum atomic E-state index is 9.19. The summed E-state index contributed by atoms with van der Waals surface area (Å²) >= 11 is 0. The first-order chi connectivity index (χ1) is 8.36. The van der Waals surface area contributed by atoms with Crippen molar-refractivity contribution in [2.24, 2.45) is 5.92 Å². The molecule has 2 aromatic rings. The number of aromatic nitrogens is 2. The second kappa shape index (κ2) is 4.37. The van der Waals surface area contributed by atoms with E-state index >= 15 is 0 Å². The molecular formula is C13H16N2O2. The average molecular weight is 232 g/mol. The zero-order valence-corrected chi connectivity index (χ0v) is 9.67. The van der Waals surface area contributed by atoms with Gasteiger partial charge in [0.1, 0.15) is 11.6 Å². The normalized spacial score (nSPS) is 19.2. The van der Waals surface area contributed by atoms with Crippen molar-refractivity contribution in [3.05, 3.63) is 41.9 Å². The molecule has 1 atom stereocenters. The molecule has 3 rings (SSSR count). The van der Waals surface area contributed by atoms with Gasteiger partial charge in [-0.1, -0.05) is 0 Å². The van der Waals surface area contributed by atoms with E-state index in [1.165, 1.54) is 5.69 Å². The van der Waals surface area contributed by atoms with Crippen LogP contribution in [-0.2, 0) is 19.4 Å². The molecule has 0 saturated carbocycles. The highest BCUT2D eigenvalue weighted by Gasteiger charge is 2.21. The number of imidazole rings is 1. The van der Waals surface area contributed by atoms with Crippen molar-refractivity contribution in [1.29, 1.82) is 0 Å². The molecule has 1 N–H and O–H groups in total. The predicted octanol–water partition coefficient (Wildman–Crippen LogP) is 1.62. The van der Waals surface area contributed by atoms with Crippen LogP contribution >= 0.6 is 0 Å². The lowest BCUT2D eigenvalue weighted by molar-refractivity contribution is 0.200. The van der Waals surface area contributed by atoms with Crippen LogP contribution in [0.5, 0.6) is 0 Å². The van der Waals surface area contributed by atoms with Gasteiger partial charge in [0.2, 0.25) is 0 Å². The van der Waals surface area contributed by atoms with Gasteiger partial charge in [0, 0.05) is 25.0 Å². The molecule has 0 aliphatic carbocycles. The molecule has 1 aliphatic rings. The lowest BCUT2D eigenvalue weighted by Crippen LogP contribution is -2.22. The van der Waals surface area contributed by atoms with Gasteiger partial charge in [-0.3, -0.25) is 0 Å². The summed E-state index contributed by atoms with van der Waals surface area (Å²) in [6.45, 7) is 1.23. The van der Waals surface area contributed by atoms with Gasteiger partial charge in [0.15, 0.2) is 0 Å². The molecular weight excluding hydrogens is 216 g/mol. The second-order valence-corrected chi connectivity index (χ2v) is 4.61. The SMILES string of the molecule is OCC1CCn2c(cnc2Cc2ccco2)C1. The Morgan fingerprint density at radius 1 is 1.53 bits per heavy atom. The summed E-state index contributed by atoms with van der Waals surface area (Å²) in [5.41, 5.74) is 1.23. The predicted molar refractivity (Wildman–Crippen MR) is 62.6 cm³/mol. The number of fused-ring (bicyclic) bond motifs is 1. The number of nitrogens with zero attached hydrogens (tertiary/aromatic N) is 2. The van der Waals surface area contributed by atoms with Crippen molar-refractivity contribution in [3.63, 3.8) is 0 Å². The lowest BCUT2D eigenvalue weighted by Gasteiger charge is -2.23. The third-order valence-electron chi connectivity index (χ3n) is 3.45. The molecule has 90 valence electrons. The molecule has 0 radical (unpaired) electrons. The molecule has 0 aromatic carbocycles. The van der Waals surface area contributed by atoms with E-state index in [4.69, 9.17) is 4.42 Å². The molecule has 0 spiro atoms. The fourth-order valence-corrected chi connectivity index (χ4v) is 2.47. The van der Waals surface area contributed by atoms with Gasteiger partial charge in [-0.25, -0.2) is 4.98 Å². The van der Waals surface area contributed by atoms with Gasteiger partial charge < -0.3 is 14.1 Å². The zero-order valence-electron chi connectivity index (χ0n) is 9.67. The summed E-state index contributed by atoms with van der Waals surface area (Å²) in [4.78, 5) is 4.46. The van der Waals surface area contributed by atoms with Crippen molar-refractivity contribution in [2.45, 2.75) is 25.8 Å². The van der Waals surface area contributed by atoms with Crippen molar-refractivity contribution in [2.75, 3.05) is 6.61 Å². The maximum Gasteiger partial charge on any atom is 0.116 e. The summed E-state index contributed by atoms with van der Waals surface area (Å²) in [5, 5.41) is 9.19. The van der Waals surface area contributed by atoms with Crippen molar-refractivity contribution in [3.8, 4) is 0 Å². The minimum Gasteiger partial charge on any atom is -0.469 e. The first-order valence-electron chi connectivity index (χ1n) is 6.03. The summed E-state index contributed by atoms with van der Waals surface area (Å²) < 4.78 is 7.61. The number of hydrogen-bond donors (Lipinski definition) is 1. The molecule has 17 heavy (non-hydrogen) atoms. The molecule has 0 fully saturated rings. The smallest absolute Gasteiger partial charge is 0.116 e. The number of hydrogen-bond acceptors (Lipinski definition) is 3. The third-order valence-corrected chi connectivity index (χ3v) is 3.45. The fraction of sp³-hybridized carbons (Fsp3) is 0.462. The lowest BCUT2D eigenvalue weighted by atomic mass is 9.97. The van der Waals surface area contributed by atoms with E-state index in [1.54, 1.807) is 6.26 Å². The monoisotopic (exact) mass is 232 g/mol. The Bertz CT molecular complexity index is 487. The summed E-state index contributed by atoms with van der Waals surface area (Å²) in [7, 11) is 0. The molecule has 0 amide bonds. The van der Waals surface area contributed by atoms with E-state index in [-0.39, 0.29) is 6.61 Å². The quantitative estimate of drug-likeness (QED) is 0.875. The zero-order chi connectivity index (χ0) is 11.7. The van der Waals surface area contributed by atoms with Crippen LogP contribution in [0.3, 0.4) is 0 Å². The molecule has 1 unspecified atom stereocenters. The topological polar surface area (TPSA) is 51.2 Å². The van der Waals surface area contributed by atoms with Crippen molar-refractivity contribution >= 4 is 0 Å². The average Bonchev–Trinajstić information content (AvgIpc) is 2.99. The van der Waals surface area contributed by atoms with Gasteiger partial charge in [-0.15, -0.1) is 0 Å². The Labute approximate surface area is 99.9 Å². The molecule has 2 aromatic heterocycles. The number of furan rings is 1. The Morgan fingerprint density at radius 3 is 3.24 bits per heavy atom. The number of rotatable bonds is 3. The van der Waals surface area contributed by atoms with Gasteiger partial charge in [-0.05, 0) is 30.9 Å². The van der Waals surface area contributed by atoms with Crippen LogP contribution in [0.4, 0.5) is 0 Å². The maximum absolute atomic E-state index is 9.19.